The van der Waals surface area contributed by atoms with E-state index in [4.69, 9.17) is 5.26 Å². The maximum absolute atomic E-state index is 8.50. The molecule has 0 saturated heterocycles. The zero-order valence-electron chi connectivity index (χ0n) is 7.21. The summed E-state index contributed by atoms with van der Waals surface area (Å²) in [5.74, 6) is 0. The Hall–Kier alpha value is -1.80. The van der Waals surface area contributed by atoms with E-state index in [1.54, 1.807) is 24.8 Å². The van der Waals surface area contributed by atoms with E-state index in [1.165, 1.54) is 11.3 Å². The fourth-order valence-corrected chi connectivity index (χ4v) is 1.80. The molecule has 0 N–H and O–H groups in total. The molecule has 2 aromatic rings. The van der Waals surface area contributed by atoms with Crippen molar-refractivity contribution in [2.45, 2.75) is 6.42 Å². The predicted molar refractivity (Wildman–Crippen MR) is 52.5 cm³/mol. The van der Waals surface area contributed by atoms with Crippen LogP contribution in [-0.4, -0.2) is 15.0 Å². The molecule has 0 fully saturated rings. The smallest absolute Gasteiger partial charge is 0.143 e. The molecule has 0 atom stereocenters. The molecule has 0 spiro atoms. The molecule has 0 aliphatic rings. The second-order valence-corrected chi connectivity index (χ2v) is 3.67. The van der Waals surface area contributed by atoms with Crippen LogP contribution < -0.4 is 0 Å². The summed E-state index contributed by atoms with van der Waals surface area (Å²) in [5, 5.41) is 9.31. The van der Waals surface area contributed by atoms with Gasteiger partial charge in [-0.3, -0.25) is 9.97 Å². The first-order chi connectivity index (χ1) is 6.90. The van der Waals surface area contributed by atoms with Gasteiger partial charge in [0.15, 0.2) is 0 Å². The summed E-state index contributed by atoms with van der Waals surface area (Å²) < 4.78 is 0. The SMILES string of the molecule is N#CCc1cnc(-c2cnccn2)s1. The number of nitriles is 1. The van der Waals surface area contributed by atoms with Crippen LogP contribution >= 0.6 is 11.3 Å². The van der Waals surface area contributed by atoms with Crippen LogP contribution in [0.3, 0.4) is 0 Å². The lowest BCUT2D eigenvalue weighted by Gasteiger charge is -1.90. The van der Waals surface area contributed by atoms with Gasteiger partial charge in [-0.1, -0.05) is 0 Å². The van der Waals surface area contributed by atoms with Crippen LogP contribution in [0.2, 0.25) is 0 Å². The molecule has 0 radical (unpaired) electrons. The normalized spacial score (nSPS) is 9.64. The first-order valence-corrected chi connectivity index (χ1v) is 4.80. The largest absolute Gasteiger partial charge is 0.261 e. The van der Waals surface area contributed by atoms with Crippen molar-refractivity contribution in [1.29, 1.82) is 5.26 Å². The molecule has 14 heavy (non-hydrogen) atoms. The van der Waals surface area contributed by atoms with Crippen molar-refractivity contribution in [3.63, 3.8) is 0 Å². The van der Waals surface area contributed by atoms with E-state index in [0.29, 0.717) is 6.42 Å². The van der Waals surface area contributed by atoms with Crippen LogP contribution in [0.5, 0.6) is 0 Å². The number of aromatic nitrogens is 3. The van der Waals surface area contributed by atoms with E-state index in [1.807, 2.05) is 0 Å². The second-order valence-electron chi connectivity index (χ2n) is 2.56. The molecule has 0 amide bonds. The van der Waals surface area contributed by atoms with E-state index in [-0.39, 0.29) is 0 Å². The van der Waals surface area contributed by atoms with Gasteiger partial charge in [0.2, 0.25) is 0 Å². The lowest BCUT2D eigenvalue weighted by molar-refractivity contribution is 1.19. The van der Waals surface area contributed by atoms with Crippen molar-refractivity contribution in [3.05, 3.63) is 29.7 Å². The summed E-state index contributed by atoms with van der Waals surface area (Å²) in [7, 11) is 0. The fraction of sp³-hybridized carbons (Fsp3) is 0.111. The summed E-state index contributed by atoms with van der Waals surface area (Å²) in [4.78, 5) is 13.2. The molecule has 0 aliphatic heterocycles. The molecule has 4 nitrogen and oxygen atoms in total. The van der Waals surface area contributed by atoms with Gasteiger partial charge in [-0.2, -0.15) is 5.26 Å². The summed E-state index contributed by atoms with van der Waals surface area (Å²) in [6, 6.07) is 2.08. The molecule has 0 aromatic carbocycles. The number of hydrogen-bond acceptors (Lipinski definition) is 5. The third-order valence-electron chi connectivity index (χ3n) is 1.59. The average Bonchev–Trinajstić information content (AvgIpc) is 2.68. The van der Waals surface area contributed by atoms with Gasteiger partial charge in [0.05, 0.1) is 18.7 Å². The highest BCUT2D eigenvalue weighted by molar-refractivity contribution is 7.15. The maximum atomic E-state index is 8.50. The van der Waals surface area contributed by atoms with Crippen LogP contribution in [0.1, 0.15) is 4.88 Å². The van der Waals surface area contributed by atoms with E-state index in [0.717, 1.165) is 15.6 Å². The first-order valence-electron chi connectivity index (χ1n) is 3.98. The van der Waals surface area contributed by atoms with Crippen molar-refractivity contribution < 1.29 is 0 Å². The number of nitrogens with zero attached hydrogens (tertiary/aromatic N) is 4. The Morgan fingerprint density at radius 3 is 2.93 bits per heavy atom. The fourth-order valence-electron chi connectivity index (χ4n) is 0.995. The third kappa shape index (κ3) is 1.75. The van der Waals surface area contributed by atoms with E-state index in [9.17, 15) is 0 Å². The molecule has 0 aliphatic carbocycles. The van der Waals surface area contributed by atoms with Gasteiger partial charge >= 0.3 is 0 Å². The molecule has 0 unspecified atom stereocenters. The highest BCUT2D eigenvalue weighted by atomic mass is 32.1. The van der Waals surface area contributed by atoms with E-state index < -0.39 is 0 Å². The average molecular weight is 202 g/mol. The van der Waals surface area contributed by atoms with Crippen LogP contribution in [0.15, 0.2) is 24.8 Å². The lowest BCUT2D eigenvalue weighted by Crippen LogP contribution is -1.81. The molecule has 2 heterocycles. The maximum Gasteiger partial charge on any atom is 0.143 e. The summed E-state index contributed by atoms with van der Waals surface area (Å²) in [6.45, 7) is 0. The van der Waals surface area contributed by atoms with Crippen molar-refractivity contribution in [3.8, 4) is 16.8 Å². The summed E-state index contributed by atoms with van der Waals surface area (Å²) in [5.41, 5.74) is 0.752. The Balaban J connectivity index is 2.31. The monoisotopic (exact) mass is 202 g/mol. The molecule has 2 aromatic heterocycles. The van der Waals surface area contributed by atoms with Gasteiger partial charge in [-0.15, -0.1) is 11.3 Å². The number of thiazole rings is 1. The van der Waals surface area contributed by atoms with E-state index in [2.05, 4.69) is 21.0 Å². The Labute approximate surface area is 84.9 Å². The molecular weight excluding hydrogens is 196 g/mol. The second kappa shape index (κ2) is 3.94. The summed E-state index contributed by atoms with van der Waals surface area (Å²) in [6.07, 6.45) is 7.01. The van der Waals surface area contributed by atoms with Crippen LogP contribution in [0, 0.1) is 11.3 Å². The molecule has 2 rings (SSSR count). The van der Waals surface area contributed by atoms with Crippen molar-refractivity contribution in [2.75, 3.05) is 0 Å². The zero-order valence-corrected chi connectivity index (χ0v) is 8.03. The predicted octanol–water partition coefficient (Wildman–Crippen LogP) is 1.67. The Kier molecular flexibility index (Phi) is 2.47. The highest BCUT2D eigenvalue weighted by Gasteiger charge is 2.04. The standard InChI is InChI=1S/C9H6N4S/c10-2-1-7-5-13-9(14-7)8-6-11-3-4-12-8/h3-6H,1H2. The number of hydrogen-bond donors (Lipinski definition) is 0. The Bertz CT molecular complexity index is 457. The molecule has 0 bridgehead atoms. The van der Waals surface area contributed by atoms with Crippen molar-refractivity contribution >= 4 is 11.3 Å². The minimum absolute atomic E-state index is 0.401. The highest BCUT2D eigenvalue weighted by Crippen LogP contribution is 2.22. The Morgan fingerprint density at radius 2 is 2.21 bits per heavy atom. The van der Waals surface area contributed by atoms with Gasteiger partial charge in [-0.25, -0.2) is 4.98 Å². The Morgan fingerprint density at radius 1 is 1.29 bits per heavy atom. The van der Waals surface area contributed by atoms with Gasteiger partial charge in [0.1, 0.15) is 10.7 Å². The summed E-state index contributed by atoms with van der Waals surface area (Å²) >= 11 is 1.47. The molecule has 68 valence electrons. The van der Waals surface area contributed by atoms with Crippen molar-refractivity contribution in [1.82, 2.24) is 15.0 Å². The lowest BCUT2D eigenvalue weighted by atomic mass is 10.4. The van der Waals surface area contributed by atoms with Gasteiger partial charge in [-0.05, 0) is 0 Å². The molecule has 5 heteroatoms. The topological polar surface area (TPSA) is 62.5 Å². The van der Waals surface area contributed by atoms with Crippen LogP contribution in [-0.2, 0) is 6.42 Å². The molecular formula is C9H6N4S. The van der Waals surface area contributed by atoms with Crippen molar-refractivity contribution in [2.24, 2.45) is 0 Å². The van der Waals surface area contributed by atoms with Crippen LogP contribution in [0.25, 0.3) is 10.7 Å². The van der Waals surface area contributed by atoms with Crippen LogP contribution in [0.4, 0.5) is 0 Å². The number of rotatable bonds is 2. The molecule has 0 saturated carbocycles. The zero-order chi connectivity index (χ0) is 9.80. The van der Waals surface area contributed by atoms with E-state index >= 15 is 0 Å². The van der Waals surface area contributed by atoms with Gasteiger partial charge < -0.3 is 0 Å². The minimum atomic E-state index is 0.401. The van der Waals surface area contributed by atoms with Gasteiger partial charge in [0.25, 0.3) is 0 Å². The third-order valence-corrected chi connectivity index (χ3v) is 2.61. The first kappa shape index (κ1) is 8.78. The quantitative estimate of drug-likeness (QED) is 0.743. The van der Waals surface area contributed by atoms with Gasteiger partial charge in [0, 0.05) is 23.5 Å². The minimum Gasteiger partial charge on any atom is -0.261 e.